The van der Waals surface area contributed by atoms with E-state index in [1.54, 1.807) is 9.25 Å². The van der Waals surface area contributed by atoms with Gasteiger partial charge in [-0.3, -0.25) is 4.79 Å². The van der Waals surface area contributed by atoms with E-state index < -0.39 is 5.97 Å². The van der Waals surface area contributed by atoms with Crippen molar-refractivity contribution in [3.63, 3.8) is 0 Å². The van der Waals surface area contributed by atoms with Crippen LogP contribution in [-0.2, 0) is 17.6 Å². The molecule has 0 spiro atoms. The van der Waals surface area contributed by atoms with E-state index in [9.17, 15) is 9.59 Å². The highest BCUT2D eigenvalue weighted by molar-refractivity contribution is 5.66. The lowest BCUT2D eigenvalue weighted by Gasteiger charge is -2.27. The molecule has 1 aliphatic carbocycles. The predicted octanol–water partition coefficient (Wildman–Crippen LogP) is 2.97. The summed E-state index contributed by atoms with van der Waals surface area (Å²) in [6.07, 6.45) is 6.71. The average molecular weight is 413 g/mol. The number of likely N-dealkylation sites (N-methyl/N-ethyl adjacent to an activating group) is 1. The molecule has 2 heterocycles. The number of carbonyl (C=O) groups is 1. The van der Waals surface area contributed by atoms with Gasteiger partial charge in [0, 0.05) is 19.5 Å². The summed E-state index contributed by atoms with van der Waals surface area (Å²) in [6, 6.07) is 6.49. The minimum Gasteiger partial charge on any atom is -0.481 e. The fourth-order valence-corrected chi connectivity index (χ4v) is 4.99. The fraction of sp³-hybridized carbons (Fsp3) is 0.609. The van der Waals surface area contributed by atoms with Crippen LogP contribution in [-0.4, -0.2) is 50.5 Å². The van der Waals surface area contributed by atoms with Crippen molar-refractivity contribution >= 4 is 5.97 Å². The fourth-order valence-electron chi connectivity index (χ4n) is 4.99. The third-order valence-electron chi connectivity index (χ3n) is 6.87. The Morgan fingerprint density at radius 2 is 1.83 bits per heavy atom. The molecule has 7 heteroatoms. The number of fused-ring (bicyclic) bond motifs is 1. The van der Waals surface area contributed by atoms with E-state index in [4.69, 9.17) is 5.11 Å². The summed E-state index contributed by atoms with van der Waals surface area (Å²) in [5, 5.41) is 13.5. The number of carboxylic acid groups (broad SMARTS) is 1. The molecule has 0 saturated heterocycles. The van der Waals surface area contributed by atoms with Crippen molar-refractivity contribution < 1.29 is 9.90 Å². The molecule has 1 N–H and O–H groups in total. The predicted molar refractivity (Wildman–Crippen MR) is 115 cm³/mol. The molecule has 162 valence electrons. The van der Waals surface area contributed by atoms with Gasteiger partial charge in [0.2, 0.25) is 0 Å². The van der Waals surface area contributed by atoms with Crippen molar-refractivity contribution in [3.8, 4) is 5.69 Å². The van der Waals surface area contributed by atoms with Crippen LogP contribution in [0.3, 0.4) is 0 Å². The summed E-state index contributed by atoms with van der Waals surface area (Å²) in [5.74, 6) is 0.438. The Kier molecular flexibility index (Phi) is 6.09. The molecule has 1 aromatic carbocycles. The van der Waals surface area contributed by atoms with Gasteiger partial charge < -0.3 is 10.0 Å². The van der Waals surface area contributed by atoms with E-state index in [0.29, 0.717) is 5.92 Å². The van der Waals surface area contributed by atoms with Crippen molar-refractivity contribution in [3.05, 3.63) is 45.6 Å². The van der Waals surface area contributed by atoms with Gasteiger partial charge in [0.1, 0.15) is 5.82 Å². The number of nitrogens with zero attached hydrogens (tertiary/aromatic N) is 4. The molecule has 2 aliphatic rings. The number of aromatic nitrogens is 3. The maximum atomic E-state index is 13.3. The van der Waals surface area contributed by atoms with Crippen LogP contribution in [0.4, 0.5) is 0 Å². The van der Waals surface area contributed by atoms with Crippen LogP contribution in [0.2, 0.25) is 0 Å². The van der Waals surface area contributed by atoms with Crippen molar-refractivity contribution in [2.24, 2.45) is 5.92 Å². The van der Waals surface area contributed by atoms with E-state index in [0.717, 1.165) is 69.5 Å². The Balaban J connectivity index is 1.52. The van der Waals surface area contributed by atoms with E-state index in [1.807, 2.05) is 13.0 Å². The van der Waals surface area contributed by atoms with E-state index in [-0.39, 0.29) is 18.2 Å². The maximum Gasteiger partial charge on any atom is 0.350 e. The minimum absolute atomic E-state index is 0.0628. The van der Waals surface area contributed by atoms with E-state index >= 15 is 0 Å². The summed E-state index contributed by atoms with van der Waals surface area (Å²) in [7, 11) is 2.15. The van der Waals surface area contributed by atoms with Gasteiger partial charge in [-0.15, -0.1) is 0 Å². The summed E-state index contributed by atoms with van der Waals surface area (Å²) in [5.41, 5.74) is 3.55. The molecule has 1 aromatic heterocycles. The molecule has 1 aliphatic heterocycles. The largest absolute Gasteiger partial charge is 0.481 e. The second-order valence-corrected chi connectivity index (χ2v) is 8.97. The van der Waals surface area contributed by atoms with Gasteiger partial charge in [-0.2, -0.15) is 5.10 Å². The standard InChI is InChI=1S/C23H32N4O3/c1-16-24-27(20-7-3-17(4-8-20)5-10-22(28)29)23(30)26(16)21-9-6-18-11-13-25(2)14-12-19(18)15-21/h6,9,15,17,20H,3-5,7-8,10-14H2,1-2H3,(H,28,29). The average Bonchev–Trinajstić information content (AvgIpc) is 2.90. The van der Waals surface area contributed by atoms with Crippen LogP contribution in [0, 0.1) is 12.8 Å². The lowest BCUT2D eigenvalue weighted by molar-refractivity contribution is -0.137. The molecule has 1 saturated carbocycles. The van der Waals surface area contributed by atoms with Crippen molar-refractivity contribution in [2.45, 2.75) is 64.3 Å². The van der Waals surface area contributed by atoms with Crippen LogP contribution in [0.15, 0.2) is 23.0 Å². The van der Waals surface area contributed by atoms with Gasteiger partial charge >= 0.3 is 11.7 Å². The van der Waals surface area contributed by atoms with Gasteiger partial charge in [0.05, 0.1) is 11.7 Å². The maximum absolute atomic E-state index is 13.3. The molecule has 4 rings (SSSR count). The lowest BCUT2D eigenvalue weighted by Crippen LogP contribution is -2.30. The Bertz CT molecular complexity index is 969. The number of hydrogen-bond acceptors (Lipinski definition) is 4. The highest BCUT2D eigenvalue weighted by atomic mass is 16.4. The summed E-state index contributed by atoms with van der Waals surface area (Å²) in [6.45, 7) is 4.00. The lowest BCUT2D eigenvalue weighted by atomic mass is 9.83. The van der Waals surface area contributed by atoms with Crippen LogP contribution in [0.25, 0.3) is 5.69 Å². The highest BCUT2D eigenvalue weighted by Crippen LogP contribution is 2.33. The van der Waals surface area contributed by atoms with Crippen molar-refractivity contribution in [1.82, 2.24) is 19.2 Å². The van der Waals surface area contributed by atoms with Crippen LogP contribution < -0.4 is 5.69 Å². The first-order valence-electron chi connectivity index (χ1n) is 11.1. The van der Waals surface area contributed by atoms with Gasteiger partial charge in [0.25, 0.3) is 0 Å². The normalized spacial score (nSPS) is 22.5. The zero-order chi connectivity index (χ0) is 21.3. The quantitative estimate of drug-likeness (QED) is 0.817. The van der Waals surface area contributed by atoms with Gasteiger partial charge in [0.15, 0.2) is 0 Å². The number of hydrogen-bond donors (Lipinski definition) is 1. The molecular weight excluding hydrogens is 380 g/mol. The second kappa shape index (κ2) is 8.76. The first-order valence-corrected chi connectivity index (χ1v) is 11.1. The third-order valence-corrected chi connectivity index (χ3v) is 6.87. The SMILES string of the molecule is Cc1nn(C2CCC(CCC(=O)O)CC2)c(=O)n1-c1ccc2c(c1)CCN(C)CC2. The van der Waals surface area contributed by atoms with Gasteiger partial charge in [-0.05, 0) is 88.1 Å². The molecule has 7 nitrogen and oxygen atoms in total. The summed E-state index contributed by atoms with van der Waals surface area (Å²) < 4.78 is 3.41. The topological polar surface area (TPSA) is 80.4 Å². The molecule has 30 heavy (non-hydrogen) atoms. The van der Waals surface area contributed by atoms with E-state index in [1.165, 1.54) is 11.1 Å². The monoisotopic (exact) mass is 412 g/mol. The van der Waals surface area contributed by atoms with Crippen molar-refractivity contribution in [2.75, 3.05) is 20.1 Å². The van der Waals surface area contributed by atoms with Crippen LogP contribution in [0.1, 0.15) is 61.5 Å². The molecule has 2 aromatic rings. The molecule has 1 fully saturated rings. The summed E-state index contributed by atoms with van der Waals surface area (Å²) >= 11 is 0. The number of aliphatic carboxylic acids is 1. The minimum atomic E-state index is -0.727. The van der Waals surface area contributed by atoms with Gasteiger partial charge in [-0.1, -0.05) is 6.07 Å². The first-order chi connectivity index (χ1) is 14.4. The molecule has 0 amide bonds. The zero-order valence-corrected chi connectivity index (χ0v) is 18.0. The Hall–Kier alpha value is -2.41. The van der Waals surface area contributed by atoms with Gasteiger partial charge in [-0.25, -0.2) is 14.0 Å². The molecular formula is C23H32N4O3. The van der Waals surface area contributed by atoms with Crippen LogP contribution >= 0.6 is 0 Å². The molecule has 0 bridgehead atoms. The Morgan fingerprint density at radius 1 is 1.13 bits per heavy atom. The van der Waals surface area contributed by atoms with E-state index in [2.05, 4.69) is 29.2 Å². The van der Waals surface area contributed by atoms with Crippen LogP contribution in [0.5, 0.6) is 0 Å². The number of rotatable bonds is 5. The summed E-state index contributed by atoms with van der Waals surface area (Å²) in [4.78, 5) is 26.4. The number of carboxylic acids is 1. The molecule has 0 atom stereocenters. The highest BCUT2D eigenvalue weighted by Gasteiger charge is 2.26. The zero-order valence-electron chi connectivity index (χ0n) is 18.0. The van der Waals surface area contributed by atoms with Crippen molar-refractivity contribution in [1.29, 1.82) is 0 Å². The molecule has 0 radical (unpaired) electrons. The Morgan fingerprint density at radius 3 is 2.53 bits per heavy atom. The smallest absolute Gasteiger partial charge is 0.350 e. The number of benzene rings is 1. The second-order valence-electron chi connectivity index (χ2n) is 8.97. The Labute approximate surface area is 177 Å². The first kappa shape index (κ1) is 20.8. The number of aryl methyl sites for hydroxylation is 1. The molecule has 0 unspecified atom stereocenters. The third kappa shape index (κ3) is 4.36.